The van der Waals surface area contributed by atoms with Crippen LogP contribution in [0.4, 0.5) is 17.1 Å². The average Bonchev–Trinajstić information content (AvgIpc) is 2.76. The summed E-state index contributed by atoms with van der Waals surface area (Å²) >= 11 is 18.5. The van der Waals surface area contributed by atoms with Gasteiger partial charge in [0.2, 0.25) is 0 Å². The van der Waals surface area contributed by atoms with E-state index in [4.69, 9.17) is 23.2 Å². The van der Waals surface area contributed by atoms with Crippen molar-refractivity contribution in [1.82, 2.24) is 0 Å². The summed E-state index contributed by atoms with van der Waals surface area (Å²) in [4.78, 5) is 32.8. The van der Waals surface area contributed by atoms with Crippen LogP contribution >= 0.6 is 55.1 Å². The molecular weight excluding hydrogens is 633 g/mol. The molecule has 0 unspecified atom stereocenters. The Hall–Kier alpha value is -3.12. The van der Waals surface area contributed by atoms with Crippen LogP contribution in [0.5, 0.6) is 0 Å². The van der Waals surface area contributed by atoms with Crippen LogP contribution in [-0.4, -0.2) is 14.8 Å². The van der Waals surface area contributed by atoms with Gasteiger partial charge in [0.15, 0.2) is 0 Å². The molecule has 0 radical (unpaired) electrons. The van der Waals surface area contributed by atoms with Crippen LogP contribution < -0.4 is 0 Å². The SMILES string of the molecule is O=[N+]([O-])c1cc([N+](=O)[O-])c(C=Cc2ccc(Cl)cc2Br)c([N+](=O)[O-])c1C=Cc1ccc(Cl)cc1Br. The van der Waals surface area contributed by atoms with E-state index < -0.39 is 43.0 Å². The summed E-state index contributed by atoms with van der Waals surface area (Å²) in [6.45, 7) is 0. The van der Waals surface area contributed by atoms with E-state index in [0.29, 0.717) is 36.2 Å². The van der Waals surface area contributed by atoms with Crippen LogP contribution in [0.2, 0.25) is 10.0 Å². The van der Waals surface area contributed by atoms with E-state index in [0.717, 1.165) is 0 Å². The van der Waals surface area contributed by atoms with Crippen LogP contribution in [0.25, 0.3) is 24.3 Å². The average molecular weight is 644 g/mol. The van der Waals surface area contributed by atoms with Crippen molar-refractivity contribution in [1.29, 1.82) is 0 Å². The molecule has 178 valence electrons. The van der Waals surface area contributed by atoms with E-state index in [-0.39, 0.29) is 0 Å². The fraction of sp³-hybridized carbons (Fsp3) is 0. The van der Waals surface area contributed by atoms with E-state index in [9.17, 15) is 30.3 Å². The summed E-state index contributed by atoms with van der Waals surface area (Å²) in [6, 6.07) is 10.2. The Labute approximate surface area is 224 Å². The molecule has 3 aromatic rings. The Balaban J connectivity index is 2.30. The fourth-order valence-electron chi connectivity index (χ4n) is 3.12. The molecule has 0 N–H and O–H groups in total. The van der Waals surface area contributed by atoms with E-state index >= 15 is 0 Å². The first-order valence-corrected chi connectivity index (χ1v) is 11.7. The molecule has 0 aliphatic heterocycles. The van der Waals surface area contributed by atoms with Gasteiger partial charge in [-0.1, -0.05) is 79.3 Å². The standard InChI is InChI=1S/C22H11Br2Cl2N3O6/c23-18-9-14(25)5-1-12(18)3-7-16-20(27(30)31)11-21(28(32)33)17(22(16)29(34)35)8-4-13-2-6-15(26)10-19(13)24/h1-11H. The number of hydrogen-bond acceptors (Lipinski definition) is 6. The van der Waals surface area contributed by atoms with Gasteiger partial charge in [0.05, 0.1) is 20.8 Å². The van der Waals surface area contributed by atoms with Gasteiger partial charge in [-0.25, -0.2) is 0 Å². The summed E-state index contributed by atoms with van der Waals surface area (Å²) in [5.41, 5.74) is -2.10. The highest BCUT2D eigenvalue weighted by molar-refractivity contribution is 9.10. The fourth-order valence-corrected chi connectivity index (χ4v) is 4.75. The number of benzene rings is 3. The third-order valence-corrected chi connectivity index (χ3v) is 6.54. The van der Waals surface area contributed by atoms with Crippen LogP contribution in [0.15, 0.2) is 51.4 Å². The maximum absolute atomic E-state index is 12.1. The largest absolute Gasteiger partial charge is 0.297 e. The van der Waals surface area contributed by atoms with Crippen LogP contribution in [0.3, 0.4) is 0 Å². The van der Waals surface area contributed by atoms with Gasteiger partial charge in [-0.2, -0.15) is 0 Å². The number of hydrogen-bond donors (Lipinski definition) is 0. The molecule has 0 aliphatic carbocycles. The van der Waals surface area contributed by atoms with Gasteiger partial charge in [0, 0.05) is 19.0 Å². The predicted octanol–water partition coefficient (Wildman–Crippen LogP) is 8.58. The zero-order chi connectivity index (χ0) is 25.9. The third kappa shape index (κ3) is 6.12. The van der Waals surface area contributed by atoms with Crippen LogP contribution in [0.1, 0.15) is 22.3 Å². The lowest BCUT2D eigenvalue weighted by atomic mass is 10.00. The molecule has 13 heteroatoms. The second-order valence-corrected chi connectivity index (χ2v) is 9.44. The Morgan fingerprint density at radius 1 is 0.629 bits per heavy atom. The van der Waals surface area contributed by atoms with Crippen molar-refractivity contribution < 1.29 is 14.8 Å². The zero-order valence-electron chi connectivity index (χ0n) is 17.2. The number of halogens is 4. The van der Waals surface area contributed by atoms with Crippen LogP contribution in [0, 0.1) is 30.3 Å². The molecule has 0 fully saturated rings. The molecule has 0 atom stereocenters. The minimum Gasteiger partial charge on any atom is -0.258 e. The molecule has 0 aliphatic rings. The number of nitro benzene ring substituents is 3. The molecule has 3 aromatic carbocycles. The van der Waals surface area contributed by atoms with Gasteiger partial charge in [0.1, 0.15) is 11.1 Å². The van der Waals surface area contributed by atoms with Crippen molar-refractivity contribution in [2.45, 2.75) is 0 Å². The molecule has 0 saturated heterocycles. The minimum absolute atomic E-state index is 0.401. The summed E-state index contributed by atoms with van der Waals surface area (Å²) in [6.07, 6.45) is 5.16. The Bertz CT molecular complexity index is 1350. The highest BCUT2D eigenvalue weighted by Gasteiger charge is 2.34. The Morgan fingerprint density at radius 2 is 1.03 bits per heavy atom. The monoisotopic (exact) mass is 641 g/mol. The molecule has 0 aromatic heterocycles. The van der Waals surface area contributed by atoms with Crippen molar-refractivity contribution in [2.75, 3.05) is 0 Å². The lowest BCUT2D eigenvalue weighted by molar-refractivity contribution is -0.403. The predicted molar refractivity (Wildman–Crippen MR) is 143 cm³/mol. The van der Waals surface area contributed by atoms with E-state index in [1.165, 1.54) is 24.3 Å². The van der Waals surface area contributed by atoms with Gasteiger partial charge < -0.3 is 0 Å². The first kappa shape index (κ1) is 26.5. The lowest BCUT2D eigenvalue weighted by Crippen LogP contribution is -2.04. The Kier molecular flexibility index (Phi) is 8.39. The van der Waals surface area contributed by atoms with Gasteiger partial charge >= 0.3 is 0 Å². The van der Waals surface area contributed by atoms with Crippen LogP contribution in [-0.2, 0) is 0 Å². The lowest BCUT2D eigenvalue weighted by Gasteiger charge is -2.06. The molecule has 3 rings (SSSR count). The van der Waals surface area contributed by atoms with Crippen molar-refractivity contribution >= 4 is 96.4 Å². The van der Waals surface area contributed by atoms with Gasteiger partial charge in [0.25, 0.3) is 17.1 Å². The highest BCUT2D eigenvalue weighted by atomic mass is 79.9. The summed E-state index contributed by atoms with van der Waals surface area (Å²) in [5, 5.41) is 36.4. The topological polar surface area (TPSA) is 129 Å². The second kappa shape index (κ2) is 11.1. The molecule has 0 bridgehead atoms. The van der Waals surface area contributed by atoms with Crippen molar-refractivity contribution in [2.24, 2.45) is 0 Å². The minimum atomic E-state index is -0.903. The first-order chi connectivity index (χ1) is 16.5. The number of nitro groups is 3. The molecular formula is C22H11Br2Cl2N3O6. The van der Waals surface area contributed by atoms with Gasteiger partial charge in [-0.15, -0.1) is 0 Å². The maximum atomic E-state index is 12.1. The van der Waals surface area contributed by atoms with E-state index in [1.807, 2.05) is 0 Å². The van der Waals surface area contributed by atoms with Gasteiger partial charge in [-0.3, -0.25) is 30.3 Å². The van der Waals surface area contributed by atoms with Crippen molar-refractivity contribution in [3.05, 3.63) is 114 Å². The molecule has 0 saturated carbocycles. The number of nitrogens with zero attached hydrogens (tertiary/aromatic N) is 3. The maximum Gasteiger partial charge on any atom is 0.297 e. The summed E-state index contributed by atoms with van der Waals surface area (Å²) < 4.78 is 1.09. The zero-order valence-corrected chi connectivity index (χ0v) is 21.8. The molecule has 35 heavy (non-hydrogen) atoms. The summed E-state index contributed by atoms with van der Waals surface area (Å²) in [5.74, 6) is 0. The number of rotatable bonds is 7. The smallest absolute Gasteiger partial charge is 0.258 e. The third-order valence-electron chi connectivity index (χ3n) is 4.70. The highest BCUT2D eigenvalue weighted by Crippen LogP contribution is 2.41. The Morgan fingerprint density at radius 3 is 1.34 bits per heavy atom. The quantitative estimate of drug-likeness (QED) is 0.144. The molecule has 0 spiro atoms. The van der Waals surface area contributed by atoms with Gasteiger partial charge in [-0.05, 0) is 47.5 Å². The normalized spacial score (nSPS) is 11.3. The summed E-state index contributed by atoms with van der Waals surface area (Å²) in [7, 11) is 0. The second-order valence-electron chi connectivity index (χ2n) is 6.86. The molecule has 9 nitrogen and oxygen atoms in total. The molecule has 0 amide bonds. The van der Waals surface area contributed by atoms with Crippen molar-refractivity contribution in [3.8, 4) is 0 Å². The molecule has 0 heterocycles. The first-order valence-electron chi connectivity index (χ1n) is 9.40. The van der Waals surface area contributed by atoms with Crippen molar-refractivity contribution in [3.63, 3.8) is 0 Å². The van der Waals surface area contributed by atoms with E-state index in [2.05, 4.69) is 31.9 Å². The van der Waals surface area contributed by atoms with E-state index in [1.54, 1.807) is 36.4 Å².